The van der Waals surface area contributed by atoms with Crippen LogP contribution in [0.2, 0.25) is 0 Å². The molecule has 0 spiro atoms. The quantitative estimate of drug-likeness (QED) is 0.662. The average molecular weight is 252 g/mol. The van der Waals surface area contributed by atoms with Crippen LogP contribution < -0.4 is 0 Å². The van der Waals surface area contributed by atoms with Gasteiger partial charge in [0.1, 0.15) is 0 Å². The van der Waals surface area contributed by atoms with Gasteiger partial charge in [-0.05, 0) is 22.4 Å². The minimum atomic E-state index is -2.76. The molecule has 0 aromatic carbocycles. The number of halogens is 4. The van der Waals surface area contributed by atoms with E-state index in [0.29, 0.717) is 6.42 Å². The summed E-state index contributed by atoms with van der Waals surface area (Å²) in [5.74, 6) is 0. The maximum absolute atomic E-state index is 12.0. The van der Waals surface area contributed by atoms with Gasteiger partial charge in [0.05, 0.1) is 4.83 Å². The number of hydrogen-bond acceptors (Lipinski definition) is 0. The Kier molecular flexibility index (Phi) is 3.43. The van der Waals surface area contributed by atoms with Crippen molar-refractivity contribution in [3.8, 4) is 0 Å². The second-order valence-electron chi connectivity index (χ2n) is 1.42. The summed E-state index contributed by atoms with van der Waals surface area (Å²) in [5, 5.41) is 0. The van der Waals surface area contributed by atoms with Gasteiger partial charge in [-0.25, -0.2) is 0 Å². The Morgan fingerprint density at radius 2 is 2.00 bits per heavy atom. The maximum Gasteiger partial charge on any atom is 0.313 e. The Morgan fingerprint density at radius 1 is 1.62 bits per heavy atom. The van der Waals surface area contributed by atoms with Gasteiger partial charge in [0, 0.05) is 0 Å². The van der Waals surface area contributed by atoms with E-state index in [4.69, 9.17) is 0 Å². The van der Waals surface area contributed by atoms with Crippen molar-refractivity contribution in [3.05, 3.63) is 0 Å². The second-order valence-corrected chi connectivity index (χ2v) is 3.58. The van der Waals surface area contributed by atoms with Crippen molar-refractivity contribution in [1.82, 2.24) is 0 Å². The van der Waals surface area contributed by atoms with Gasteiger partial charge in [-0.1, -0.05) is 22.9 Å². The summed E-state index contributed by atoms with van der Waals surface area (Å²) >= 11 is 5.02. The molecule has 0 bridgehead atoms. The molecule has 4 heteroatoms. The van der Waals surface area contributed by atoms with Gasteiger partial charge in [0.15, 0.2) is 0 Å². The van der Waals surface area contributed by atoms with E-state index in [0.717, 1.165) is 0 Å². The molecule has 0 amide bonds. The first-order valence-corrected chi connectivity index (χ1v) is 3.90. The van der Waals surface area contributed by atoms with Crippen LogP contribution in [0.3, 0.4) is 0 Å². The van der Waals surface area contributed by atoms with Crippen LogP contribution >= 0.6 is 31.9 Å². The largest absolute Gasteiger partial charge is 0.313 e. The summed E-state index contributed by atoms with van der Waals surface area (Å²) in [6, 6.07) is 0. The number of rotatable bonds is 2. The van der Waals surface area contributed by atoms with Gasteiger partial charge in [0.25, 0.3) is 0 Å². The third kappa shape index (κ3) is 2.97. The SMILES string of the molecule is CCC(Br)C(F)(F)Br. The summed E-state index contributed by atoms with van der Waals surface area (Å²) in [6.45, 7) is 1.69. The van der Waals surface area contributed by atoms with E-state index in [9.17, 15) is 8.78 Å². The lowest BCUT2D eigenvalue weighted by molar-refractivity contribution is 0.112. The zero-order chi connectivity index (χ0) is 6.78. The molecule has 50 valence electrons. The van der Waals surface area contributed by atoms with Crippen LogP contribution in [0.4, 0.5) is 8.78 Å². The second kappa shape index (κ2) is 3.11. The van der Waals surface area contributed by atoms with Crippen molar-refractivity contribution >= 4 is 31.9 Å². The molecule has 0 aromatic rings. The smallest absolute Gasteiger partial charge is 0.193 e. The van der Waals surface area contributed by atoms with E-state index in [1.165, 1.54) is 0 Å². The maximum atomic E-state index is 12.0. The molecule has 0 radical (unpaired) electrons. The van der Waals surface area contributed by atoms with Gasteiger partial charge in [0.2, 0.25) is 0 Å². The molecule has 1 atom stereocenters. The lowest BCUT2D eigenvalue weighted by Gasteiger charge is -2.12. The lowest BCUT2D eigenvalue weighted by atomic mass is 10.3. The highest BCUT2D eigenvalue weighted by atomic mass is 79.9. The number of hydrogen-bond donors (Lipinski definition) is 0. The fourth-order valence-electron chi connectivity index (χ4n) is 0.231. The normalized spacial score (nSPS) is 16.1. The molecule has 1 unspecified atom stereocenters. The molecule has 0 rings (SSSR count). The molecule has 0 nitrogen and oxygen atoms in total. The molecule has 0 heterocycles. The first kappa shape index (κ1) is 8.82. The highest BCUT2D eigenvalue weighted by molar-refractivity contribution is 9.12. The van der Waals surface area contributed by atoms with Crippen LogP contribution in [0.25, 0.3) is 0 Å². The lowest BCUT2D eigenvalue weighted by Crippen LogP contribution is -2.19. The minimum Gasteiger partial charge on any atom is -0.193 e. The van der Waals surface area contributed by atoms with Crippen LogP contribution in [-0.4, -0.2) is 9.66 Å². The molecule has 0 aromatic heterocycles. The highest BCUT2D eigenvalue weighted by Crippen LogP contribution is 2.32. The fourth-order valence-corrected chi connectivity index (χ4v) is 0.555. The van der Waals surface area contributed by atoms with Crippen molar-refractivity contribution in [2.24, 2.45) is 0 Å². The molecule has 0 fully saturated rings. The summed E-state index contributed by atoms with van der Waals surface area (Å²) in [5.41, 5.74) is 0. The van der Waals surface area contributed by atoms with Gasteiger partial charge < -0.3 is 0 Å². The molecule has 0 aliphatic rings. The van der Waals surface area contributed by atoms with E-state index in [-0.39, 0.29) is 0 Å². The predicted molar refractivity (Wildman–Crippen MR) is 36.9 cm³/mol. The summed E-state index contributed by atoms with van der Waals surface area (Å²) < 4.78 is 24.0. The van der Waals surface area contributed by atoms with E-state index >= 15 is 0 Å². The molecule has 0 saturated carbocycles. The third-order valence-corrected chi connectivity index (χ3v) is 3.10. The molecule has 0 aliphatic carbocycles. The van der Waals surface area contributed by atoms with Gasteiger partial charge in [-0.15, -0.1) is 0 Å². The van der Waals surface area contributed by atoms with Crippen molar-refractivity contribution < 1.29 is 8.78 Å². The Labute approximate surface area is 63.9 Å². The van der Waals surface area contributed by atoms with Crippen LogP contribution in [0.5, 0.6) is 0 Å². The Morgan fingerprint density at radius 3 is 2.00 bits per heavy atom. The molecule has 0 N–H and O–H groups in total. The third-order valence-electron chi connectivity index (χ3n) is 0.714. The van der Waals surface area contributed by atoms with Gasteiger partial charge >= 0.3 is 4.83 Å². The summed E-state index contributed by atoms with van der Waals surface area (Å²) in [6.07, 6.45) is 0.415. The molecule has 0 aliphatic heterocycles. The van der Waals surface area contributed by atoms with E-state index in [1.54, 1.807) is 6.92 Å². The monoisotopic (exact) mass is 250 g/mol. The Hall–Kier alpha value is 0.820. The highest BCUT2D eigenvalue weighted by Gasteiger charge is 2.32. The average Bonchev–Trinajstić information content (AvgIpc) is 1.62. The zero-order valence-corrected chi connectivity index (χ0v) is 7.47. The van der Waals surface area contributed by atoms with Crippen LogP contribution in [0, 0.1) is 0 Å². The van der Waals surface area contributed by atoms with Crippen molar-refractivity contribution in [2.75, 3.05) is 0 Å². The predicted octanol–water partition coefficient (Wildman–Crippen LogP) is 3.15. The molecular weight excluding hydrogens is 246 g/mol. The van der Waals surface area contributed by atoms with Gasteiger partial charge in [-0.3, -0.25) is 0 Å². The zero-order valence-electron chi connectivity index (χ0n) is 4.30. The summed E-state index contributed by atoms with van der Waals surface area (Å²) in [7, 11) is 0. The first-order chi connectivity index (χ1) is 3.48. The van der Waals surface area contributed by atoms with Crippen molar-refractivity contribution in [3.63, 3.8) is 0 Å². The van der Waals surface area contributed by atoms with Gasteiger partial charge in [-0.2, -0.15) is 8.78 Å². The summed E-state index contributed by atoms with van der Waals surface area (Å²) in [4.78, 5) is -3.52. The van der Waals surface area contributed by atoms with Crippen LogP contribution in [-0.2, 0) is 0 Å². The molecule has 8 heavy (non-hydrogen) atoms. The topological polar surface area (TPSA) is 0 Å². The first-order valence-electron chi connectivity index (χ1n) is 2.19. The van der Waals surface area contributed by atoms with Crippen LogP contribution in [0.1, 0.15) is 13.3 Å². The van der Waals surface area contributed by atoms with E-state index in [2.05, 4.69) is 31.9 Å². The Bertz CT molecular complexity index is 68.9. The molecular formula is C4H6Br2F2. The van der Waals surface area contributed by atoms with E-state index < -0.39 is 9.66 Å². The fraction of sp³-hybridized carbons (Fsp3) is 1.00. The minimum absolute atomic E-state index is 0.415. The van der Waals surface area contributed by atoms with Crippen molar-refractivity contribution in [1.29, 1.82) is 0 Å². The van der Waals surface area contributed by atoms with Crippen LogP contribution in [0.15, 0.2) is 0 Å². The Balaban J connectivity index is 3.62. The molecule has 0 saturated heterocycles. The number of alkyl halides is 4. The van der Waals surface area contributed by atoms with Crippen molar-refractivity contribution in [2.45, 2.75) is 23.0 Å². The van der Waals surface area contributed by atoms with E-state index in [1.807, 2.05) is 0 Å². The standard InChI is InChI=1S/C4H6Br2F2/c1-2-3(5)4(6,7)8/h3H,2H2,1H3.